The fraction of sp³-hybridized carbons (Fsp3) is 0.857. The Labute approximate surface area is 115 Å². The molecule has 5 nitrogen and oxygen atoms in total. The number of likely N-dealkylation sites (N-methyl/N-ethyl adjacent to an activating group) is 1. The highest BCUT2D eigenvalue weighted by atomic mass is 16.2. The molecule has 1 aliphatic heterocycles. The fourth-order valence-electron chi connectivity index (χ4n) is 2.96. The largest absolute Gasteiger partial charge is 0.335 e. The van der Waals surface area contributed by atoms with Crippen LogP contribution in [0.1, 0.15) is 38.5 Å². The fourth-order valence-corrected chi connectivity index (χ4v) is 2.96. The van der Waals surface area contributed by atoms with Crippen molar-refractivity contribution in [2.24, 2.45) is 0 Å². The van der Waals surface area contributed by atoms with Crippen LogP contribution in [-0.2, 0) is 9.59 Å². The van der Waals surface area contributed by atoms with Crippen molar-refractivity contribution in [3.63, 3.8) is 0 Å². The van der Waals surface area contributed by atoms with Crippen molar-refractivity contribution >= 4 is 11.8 Å². The van der Waals surface area contributed by atoms with E-state index in [2.05, 4.69) is 5.32 Å². The zero-order chi connectivity index (χ0) is 13.7. The van der Waals surface area contributed by atoms with Crippen LogP contribution in [-0.4, -0.2) is 60.9 Å². The third-order valence-corrected chi connectivity index (χ3v) is 4.28. The molecule has 0 spiro atoms. The van der Waals surface area contributed by atoms with Gasteiger partial charge in [-0.1, -0.05) is 25.7 Å². The minimum atomic E-state index is -0.326. The molecule has 1 saturated heterocycles. The number of piperazine rings is 1. The molecule has 0 aromatic rings. The SMILES string of the molecule is CN(C(=O)C(=O)N1CCNCC1)C1CCCCCC1. The van der Waals surface area contributed by atoms with Crippen LogP contribution in [0.3, 0.4) is 0 Å². The number of hydrogen-bond donors (Lipinski definition) is 1. The number of carbonyl (C=O) groups excluding carboxylic acids is 2. The van der Waals surface area contributed by atoms with Gasteiger partial charge >= 0.3 is 11.8 Å². The highest BCUT2D eigenvalue weighted by Gasteiger charge is 2.29. The Bertz CT molecular complexity index is 319. The van der Waals surface area contributed by atoms with Gasteiger partial charge in [0.2, 0.25) is 0 Å². The molecule has 1 aliphatic carbocycles. The molecule has 0 bridgehead atoms. The van der Waals surface area contributed by atoms with Crippen LogP contribution >= 0.6 is 0 Å². The van der Waals surface area contributed by atoms with Gasteiger partial charge in [0.25, 0.3) is 0 Å². The lowest BCUT2D eigenvalue weighted by Gasteiger charge is -2.31. The number of nitrogens with one attached hydrogen (secondary N) is 1. The summed E-state index contributed by atoms with van der Waals surface area (Å²) in [5, 5.41) is 3.19. The average Bonchev–Trinajstić information content (AvgIpc) is 2.75. The second-order valence-corrected chi connectivity index (χ2v) is 5.60. The maximum absolute atomic E-state index is 12.3. The normalized spacial score (nSPS) is 21.8. The smallest absolute Gasteiger partial charge is 0.312 e. The molecular formula is C14H25N3O2. The Balaban J connectivity index is 1.91. The number of amides is 2. The first-order chi connectivity index (χ1) is 9.20. The van der Waals surface area contributed by atoms with Gasteiger partial charge < -0.3 is 15.1 Å². The molecule has 5 heteroatoms. The summed E-state index contributed by atoms with van der Waals surface area (Å²) in [4.78, 5) is 27.8. The quantitative estimate of drug-likeness (QED) is 0.559. The Morgan fingerprint density at radius 1 is 1.05 bits per heavy atom. The van der Waals surface area contributed by atoms with E-state index >= 15 is 0 Å². The Hall–Kier alpha value is -1.10. The second-order valence-electron chi connectivity index (χ2n) is 5.60. The highest BCUT2D eigenvalue weighted by Crippen LogP contribution is 2.21. The van der Waals surface area contributed by atoms with Crippen LogP contribution in [0.2, 0.25) is 0 Å². The summed E-state index contributed by atoms with van der Waals surface area (Å²) in [7, 11) is 1.79. The Kier molecular flexibility index (Phi) is 5.19. The number of rotatable bonds is 1. The predicted molar refractivity (Wildman–Crippen MR) is 73.7 cm³/mol. The summed E-state index contributed by atoms with van der Waals surface area (Å²) < 4.78 is 0. The molecule has 2 rings (SSSR count). The molecule has 1 saturated carbocycles. The van der Waals surface area contributed by atoms with E-state index in [1.54, 1.807) is 16.8 Å². The van der Waals surface area contributed by atoms with E-state index in [0.29, 0.717) is 13.1 Å². The highest BCUT2D eigenvalue weighted by molar-refractivity contribution is 6.34. The van der Waals surface area contributed by atoms with Gasteiger partial charge in [0.05, 0.1) is 0 Å². The Morgan fingerprint density at radius 3 is 2.21 bits per heavy atom. The molecule has 2 amide bonds. The van der Waals surface area contributed by atoms with E-state index in [1.165, 1.54) is 25.7 Å². The molecule has 2 fully saturated rings. The maximum Gasteiger partial charge on any atom is 0.312 e. The van der Waals surface area contributed by atoms with E-state index in [-0.39, 0.29) is 17.9 Å². The van der Waals surface area contributed by atoms with Gasteiger partial charge in [-0.15, -0.1) is 0 Å². The van der Waals surface area contributed by atoms with Crippen molar-refractivity contribution in [3.8, 4) is 0 Å². The summed E-state index contributed by atoms with van der Waals surface area (Å²) in [6, 6.07) is 0.252. The van der Waals surface area contributed by atoms with Crippen LogP contribution in [0.25, 0.3) is 0 Å². The van der Waals surface area contributed by atoms with Crippen LogP contribution in [0.5, 0.6) is 0 Å². The minimum absolute atomic E-state index is 0.252. The van der Waals surface area contributed by atoms with E-state index in [0.717, 1.165) is 25.9 Å². The van der Waals surface area contributed by atoms with Gasteiger partial charge in [-0.25, -0.2) is 0 Å². The minimum Gasteiger partial charge on any atom is -0.335 e. The maximum atomic E-state index is 12.3. The van der Waals surface area contributed by atoms with Crippen molar-refractivity contribution in [2.45, 2.75) is 44.6 Å². The monoisotopic (exact) mass is 267 g/mol. The summed E-state index contributed by atoms with van der Waals surface area (Å²) in [6.45, 7) is 2.85. The average molecular weight is 267 g/mol. The van der Waals surface area contributed by atoms with Gasteiger partial charge in [0.1, 0.15) is 0 Å². The standard InChI is InChI=1S/C14H25N3O2/c1-16(12-6-4-2-3-5-7-12)13(18)14(19)17-10-8-15-9-11-17/h12,15H,2-11H2,1H3. The molecule has 2 aliphatic rings. The predicted octanol–water partition coefficient (Wildman–Crippen LogP) is 0.599. The zero-order valence-corrected chi connectivity index (χ0v) is 11.9. The van der Waals surface area contributed by atoms with Gasteiger partial charge in [0.15, 0.2) is 0 Å². The van der Waals surface area contributed by atoms with Crippen LogP contribution in [0.4, 0.5) is 0 Å². The van der Waals surface area contributed by atoms with Gasteiger partial charge in [0, 0.05) is 39.3 Å². The first-order valence-corrected chi connectivity index (χ1v) is 7.47. The molecule has 0 aromatic carbocycles. The molecule has 108 valence electrons. The molecule has 1 heterocycles. The number of carbonyl (C=O) groups is 2. The van der Waals surface area contributed by atoms with Gasteiger partial charge in [-0.3, -0.25) is 9.59 Å². The molecule has 0 radical (unpaired) electrons. The third kappa shape index (κ3) is 3.69. The van der Waals surface area contributed by atoms with Crippen molar-refractivity contribution < 1.29 is 9.59 Å². The van der Waals surface area contributed by atoms with E-state index in [1.807, 2.05) is 0 Å². The molecule has 19 heavy (non-hydrogen) atoms. The lowest BCUT2D eigenvalue weighted by molar-refractivity contribution is -0.152. The number of hydrogen-bond acceptors (Lipinski definition) is 3. The molecule has 0 unspecified atom stereocenters. The summed E-state index contributed by atoms with van der Waals surface area (Å²) in [6.07, 6.45) is 6.93. The summed E-state index contributed by atoms with van der Waals surface area (Å²) >= 11 is 0. The number of nitrogens with zero attached hydrogens (tertiary/aromatic N) is 2. The summed E-state index contributed by atoms with van der Waals surface area (Å²) in [5.41, 5.74) is 0. The van der Waals surface area contributed by atoms with Crippen LogP contribution < -0.4 is 5.32 Å². The molecule has 0 atom stereocenters. The van der Waals surface area contributed by atoms with Crippen LogP contribution in [0.15, 0.2) is 0 Å². The van der Waals surface area contributed by atoms with Crippen molar-refractivity contribution in [3.05, 3.63) is 0 Å². The topological polar surface area (TPSA) is 52.7 Å². The molecule has 1 N–H and O–H groups in total. The lowest BCUT2D eigenvalue weighted by Crippen LogP contribution is -2.53. The van der Waals surface area contributed by atoms with E-state index in [9.17, 15) is 9.59 Å². The van der Waals surface area contributed by atoms with Crippen molar-refractivity contribution in [2.75, 3.05) is 33.2 Å². The van der Waals surface area contributed by atoms with Crippen molar-refractivity contribution in [1.82, 2.24) is 15.1 Å². The third-order valence-electron chi connectivity index (χ3n) is 4.28. The molecular weight excluding hydrogens is 242 g/mol. The van der Waals surface area contributed by atoms with Gasteiger partial charge in [-0.2, -0.15) is 0 Å². The summed E-state index contributed by atoms with van der Waals surface area (Å²) in [5.74, 6) is -0.651. The van der Waals surface area contributed by atoms with Gasteiger partial charge in [-0.05, 0) is 12.8 Å². The second kappa shape index (κ2) is 6.89. The van der Waals surface area contributed by atoms with Crippen LogP contribution in [0, 0.1) is 0 Å². The zero-order valence-electron chi connectivity index (χ0n) is 11.9. The Morgan fingerprint density at radius 2 is 1.63 bits per heavy atom. The molecule has 0 aromatic heterocycles. The first-order valence-electron chi connectivity index (χ1n) is 7.47. The van der Waals surface area contributed by atoms with E-state index in [4.69, 9.17) is 0 Å². The van der Waals surface area contributed by atoms with Crippen molar-refractivity contribution in [1.29, 1.82) is 0 Å². The first kappa shape index (κ1) is 14.3. The lowest BCUT2D eigenvalue weighted by atomic mass is 10.1. The van der Waals surface area contributed by atoms with E-state index < -0.39 is 0 Å².